The minimum Gasteiger partial charge on any atom is -0.314 e. The molecule has 1 saturated heterocycles. The highest BCUT2D eigenvalue weighted by Crippen LogP contribution is 2.12. The van der Waals surface area contributed by atoms with Gasteiger partial charge in [0, 0.05) is 30.7 Å². The van der Waals surface area contributed by atoms with Gasteiger partial charge in [-0.05, 0) is 24.1 Å². The van der Waals surface area contributed by atoms with Crippen molar-refractivity contribution in [1.29, 1.82) is 0 Å². The van der Waals surface area contributed by atoms with E-state index in [-0.39, 0.29) is 12.4 Å². The predicted octanol–water partition coefficient (Wildman–Crippen LogP) is 1.87. The first-order chi connectivity index (χ1) is 6.84. The molecule has 0 amide bonds. The van der Waals surface area contributed by atoms with Crippen LogP contribution < -0.4 is 10.6 Å². The van der Waals surface area contributed by atoms with Crippen LogP contribution >= 0.6 is 24.0 Å². The molecule has 1 atom stereocenters. The summed E-state index contributed by atoms with van der Waals surface area (Å²) in [6.07, 6.45) is 1.05. The van der Waals surface area contributed by atoms with E-state index in [1.54, 1.807) is 0 Å². The van der Waals surface area contributed by atoms with Crippen LogP contribution in [-0.4, -0.2) is 25.7 Å². The maximum Gasteiger partial charge on any atom is 0.0408 e. The largest absolute Gasteiger partial charge is 0.314 e. The number of nitrogens with one attached hydrogen (secondary N) is 2. The van der Waals surface area contributed by atoms with Crippen LogP contribution in [0.4, 0.5) is 0 Å². The van der Waals surface area contributed by atoms with Crippen molar-refractivity contribution >= 4 is 24.0 Å². The van der Waals surface area contributed by atoms with Crippen molar-refractivity contribution < 1.29 is 0 Å². The van der Waals surface area contributed by atoms with Crippen molar-refractivity contribution in [1.82, 2.24) is 10.6 Å². The van der Waals surface area contributed by atoms with E-state index in [1.165, 1.54) is 5.56 Å². The summed E-state index contributed by atoms with van der Waals surface area (Å²) < 4.78 is 0. The van der Waals surface area contributed by atoms with Gasteiger partial charge in [-0.1, -0.05) is 23.7 Å². The van der Waals surface area contributed by atoms with E-state index in [1.807, 2.05) is 18.2 Å². The van der Waals surface area contributed by atoms with Crippen LogP contribution in [0.1, 0.15) is 5.56 Å². The van der Waals surface area contributed by atoms with Gasteiger partial charge in [-0.25, -0.2) is 0 Å². The molecule has 0 aliphatic carbocycles. The van der Waals surface area contributed by atoms with Gasteiger partial charge in [0.25, 0.3) is 0 Å². The molecule has 2 N–H and O–H groups in total. The summed E-state index contributed by atoms with van der Waals surface area (Å²) in [5, 5.41) is 7.68. The lowest BCUT2D eigenvalue weighted by Gasteiger charge is -2.24. The first kappa shape index (κ1) is 12.8. The third kappa shape index (κ3) is 3.99. The first-order valence-electron chi connectivity index (χ1n) is 5.03. The molecule has 1 aliphatic rings. The van der Waals surface area contributed by atoms with Gasteiger partial charge in [-0.2, -0.15) is 0 Å². The van der Waals surface area contributed by atoms with Crippen molar-refractivity contribution in [3.05, 3.63) is 34.9 Å². The van der Waals surface area contributed by atoms with Crippen LogP contribution in [0.5, 0.6) is 0 Å². The zero-order valence-corrected chi connectivity index (χ0v) is 10.1. The average Bonchev–Trinajstić information content (AvgIpc) is 2.19. The van der Waals surface area contributed by atoms with Gasteiger partial charge in [-0.15, -0.1) is 12.4 Å². The summed E-state index contributed by atoms with van der Waals surface area (Å²) in [5.74, 6) is 0. The number of hydrogen-bond acceptors (Lipinski definition) is 2. The predicted molar refractivity (Wildman–Crippen MR) is 67.1 cm³/mol. The number of rotatable bonds is 2. The molecule has 84 valence electrons. The van der Waals surface area contributed by atoms with Crippen LogP contribution in [0.15, 0.2) is 24.3 Å². The molecule has 0 saturated carbocycles. The number of benzene rings is 1. The Balaban J connectivity index is 0.00000112. The van der Waals surface area contributed by atoms with Crippen molar-refractivity contribution in [3.8, 4) is 0 Å². The molecule has 0 aromatic heterocycles. The molecule has 1 heterocycles. The molecule has 1 aromatic carbocycles. The quantitative estimate of drug-likeness (QED) is 0.833. The summed E-state index contributed by atoms with van der Waals surface area (Å²) in [4.78, 5) is 0. The van der Waals surface area contributed by atoms with Gasteiger partial charge in [0.15, 0.2) is 0 Å². The molecule has 1 aliphatic heterocycles. The Morgan fingerprint density at radius 2 is 2.20 bits per heavy atom. The lowest BCUT2D eigenvalue weighted by Crippen LogP contribution is -2.49. The molecule has 2 rings (SSSR count). The zero-order valence-electron chi connectivity index (χ0n) is 8.50. The summed E-state index contributed by atoms with van der Waals surface area (Å²) in [6, 6.07) is 8.63. The minimum absolute atomic E-state index is 0. The lowest BCUT2D eigenvalue weighted by molar-refractivity contribution is 0.416. The summed E-state index contributed by atoms with van der Waals surface area (Å²) >= 11 is 5.93. The topological polar surface area (TPSA) is 24.1 Å². The van der Waals surface area contributed by atoms with Crippen LogP contribution in [0, 0.1) is 0 Å². The molecular weight excluding hydrogens is 231 g/mol. The summed E-state index contributed by atoms with van der Waals surface area (Å²) in [7, 11) is 0. The molecule has 2 nitrogen and oxygen atoms in total. The molecule has 0 radical (unpaired) electrons. The van der Waals surface area contributed by atoms with Gasteiger partial charge < -0.3 is 10.6 Å². The van der Waals surface area contributed by atoms with E-state index in [0.29, 0.717) is 6.04 Å². The second-order valence-corrected chi connectivity index (χ2v) is 4.13. The fourth-order valence-corrected chi connectivity index (χ4v) is 2.02. The van der Waals surface area contributed by atoms with Crippen LogP contribution in [-0.2, 0) is 6.42 Å². The van der Waals surface area contributed by atoms with Crippen LogP contribution in [0.3, 0.4) is 0 Å². The van der Waals surface area contributed by atoms with E-state index in [4.69, 9.17) is 11.6 Å². The Hall–Kier alpha value is -0.280. The van der Waals surface area contributed by atoms with Crippen LogP contribution in [0.25, 0.3) is 0 Å². The highest BCUT2D eigenvalue weighted by atomic mass is 35.5. The van der Waals surface area contributed by atoms with Gasteiger partial charge in [0.05, 0.1) is 0 Å². The van der Waals surface area contributed by atoms with E-state index in [9.17, 15) is 0 Å². The second kappa shape index (κ2) is 6.33. The van der Waals surface area contributed by atoms with Gasteiger partial charge in [0.2, 0.25) is 0 Å². The summed E-state index contributed by atoms with van der Waals surface area (Å²) in [5.41, 5.74) is 1.30. The number of hydrogen-bond donors (Lipinski definition) is 2. The third-order valence-corrected chi connectivity index (χ3v) is 2.73. The SMILES string of the molecule is Cl.Clc1cccc(CC2CNCCN2)c1. The maximum atomic E-state index is 5.93. The Kier molecular flexibility index (Phi) is 5.40. The Bertz CT molecular complexity index is 298. The normalized spacial score (nSPS) is 20.7. The van der Waals surface area contributed by atoms with E-state index in [0.717, 1.165) is 31.1 Å². The second-order valence-electron chi connectivity index (χ2n) is 3.69. The molecule has 1 unspecified atom stereocenters. The average molecular weight is 247 g/mol. The Morgan fingerprint density at radius 3 is 2.87 bits per heavy atom. The van der Waals surface area contributed by atoms with Crippen molar-refractivity contribution in [3.63, 3.8) is 0 Å². The standard InChI is InChI=1S/C11H15ClN2.ClH/c12-10-3-1-2-9(6-10)7-11-8-13-4-5-14-11;/h1-3,6,11,13-14H,4-5,7-8H2;1H. The Morgan fingerprint density at radius 1 is 1.33 bits per heavy atom. The van der Waals surface area contributed by atoms with Gasteiger partial charge in [-0.3, -0.25) is 0 Å². The van der Waals surface area contributed by atoms with E-state index >= 15 is 0 Å². The molecule has 4 heteroatoms. The Labute approximate surface area is 102 Å². The zero-order chi connectivity index (χ0) is 9.80. The van der Waals surface area contributed by atoms with Crippen LogP contribution in [0.2, 0.25) is 5.02 Å². The molecule has 1 aromatic rings. The molecular formula is C11H16Cl2N2. The summed E-state index contributed by atoms with van der Waals surface area (Å²) in [6.45, 7) is 3.18. The molecule has 1 fully saturated rings. The van der Waals surface area contributed by atoms with Crippen molar-refractivity contribution in [2.24, 2.45) is 0 Å². The minimum atomic E-state index is 0. The molecule has 15 heavy (non-hydrogen) atoms. The lowest BCUT2D eigenvalue weighted by atomic mass is 10.1. The molecule has 0 spiro atoms. The smallest absolute Gasteiger partial charge is 0.0408 e. The third-order valence-electron chi connectivity index (χ3n) is 2.50. The van der Waals surface area contributed by atoms with Crippen molar-refractivity contribution in [2.75, 3.05) is 19.6 Å². The highest BCUT2D eigenvalue weighted by molar-refractivity contribution is 6.30. The maximum absolute atomic E-state index is 5.93. The number of piperazine rings is 1. The first-order valence-corrected chi connectivity index (χ1v) is 5.41. The number of halogens is 2. The fraction of sp³-hybridized carbons (Fsp3) is 0.455. The van der Waals surface area contributed by atoms with Gasteiger partial charge in [0.1, 0.15) is 0 Å². The molecule has 0 bridgehead atoms. The van der Waals surface area contributed by atoms with E-state index in [2.05, 4.69) is 16.7 Å². The van der Waals surface area contributed by atoms with Gasteiger partial charge >= 0.3 is 0 Å². The van der Waals surface area contributed by atoms with Crippen molar-refractivity contribution in [2.45, 2.75) is 12.5 Å². The van der Waals surface area contributed by atoms with E-state index < -0.39 is 0 Å². The monoisotopic (exact) mass is 246 g/mol. The highest BCUT2D eigenvalue weighted by Gasteiger charge is 2.12. The fourth-order valence-electron chi connectivity index (χ4n) is 1.81.